The molecule has 1 aromatic carbocycles. The van der Waals surface area contributed by atoms with Crippen LogP contribution in [0.3, 0.4) is 0 Å². The van der Waals surface area contributed by atoms with E-state index in [9.17, 15) is 14.5 Å². The first kappa shape index (κ1) is 20.0. The third-order valence-electron chi connectivity index (χ3n) is 7.56. The third-order valence-corrected chi connectivity index (χ3v) is 8.12. The Morgan fingerprint density at radius 3 is 2.59 bits per heavy atom. The number of benzene rings is 1. The van der Waals surface area contributed by atoms with E-state index in [-0.39, 0.29) is 22.6 Å². The molecule has 0 radical (unpaired) electrons. The van der Waals surface area contributed by atoms with Gasteiger partial charge in [-0.15, -0.1) is 0 Å². The quantitative estimate of drug-likeness (QED) is 0.348. The topological polar surface area (TPSA) is 99.9 Å². The van der Waals surface area contributed by atoms with Crippen LogP contribution in [0.5, 0.6) is 0 Å². The van der Waals surface area contributed by atoms with Gasteiger partial charge in [-0.25, -0.2) is 4.39 Å². The Kier molecular flexibility index (Phi) is 4.34. The Labute approximate surface area is 191 Å². The summed E-state index contributed by atoms with van der Waals surface area (Å²) < 4.78 is 21.1. The number of rotatable bonds is 5. The highest BCUT2D eigenvalue weighted by molar-refractivity contribution is 9.10. The number of nitro groups is 1. The van der Waals surface area contributed by atoms with E-state index >= 15 is 0 Å². The van der Waals surface area contributed by atoms with Crippen LogP contribution in [0.1, 0.15) is 44.4 Å². The van der Waals surface area contributed by atoms with Crippen LogP contribution in [0.15, 0.2) is 39.5 Å². The molecule has 0 spiro atoms. The van der Waals surface area contributed by atoms with Crippen molar-refractivity contribution in [2.45, 2.75) is 50.5 Å². The predicted octanol–water partition coefficient (Wildman–Crippen LogP) is 5.28. The average Bonchev–Trinajstić information content (AvgIpc) is 3.34. The van der Waals surface area contributed by atoms with Crippen LogP contribution in [0.25, 0.3) is 11.4 Å². The van der Waals surface area contributed by atoms with Crippen LogP contribution in [0.2, 0.25) is 0 Å². The molecule has 2 unspecified atom stereocenters. The number of hydrogen-bond acceptors (Lipinski definition) is 6. The second kappa shape index (κ2) is 6.94. The minimum Gasteiger partial charge on any atom is -0.358 e. The van der Waals surface area contributed by atoms with Crippen LogP contribution in [-0.4, -0.2) is 24.8 Å². The number of hydrogen-bond donors (Lipinski definition) is 0. The molecule has 166 valence electrons. The van der Waals surface area contributed by atoms with Gasteiger partial charge < -0.3 is 14.6 Å². The van der Waals surface area contributed by atoms with Crippen LogP contribution in [0, 0.1) is 33.2 Å². The Morgan fingerprint density at radius 1 is 1.22 bits per heavy atom. The fraction of sp³-hybridized carbons (Fsp3) is 0.500. The maximum Gasteiger partial charge on any atom is 0.404 e. The van der Waals surface area contributed by atoms with Gasteiger partial charge in [0, 0.05) is 12.0 Å². The van der Waals surface area contributed by atoms with Gasteiger partial charge >= 0.3 is 5.82 Å². The molecule has 2 aromatic heterocycles. The summed E-state index contributed by atoms with van der Waals surface area (Å²) in [6.45, 7) is 0. The van der Waals surface area contributed by atoms with Crippen LogP contribution >= 0.6 is 15.9 Å². The first-order valence-corrected chi connectivity index (χ1v) is 11.6. The van der Waals surface area contributed by atoms with Crippen molar-refractivity contribution in [3.63, 3.8) is 0 Å². The lowest BCUT2D eigenvalue weighted by Crippen LogP contribution is -2.57. The fourth-order valence-corrected chi connectivity index (χ4v) is 7.37. The Morgan fingerprint density at radius 2 is 1.94 bits per heavy atom. The first-order valence-electron chi connectivity index (χ1n) is 10.8. The van der Waals surface area contributed by atoms with Crippen molar-refractivity contribution in [2.75, 3.05) is 0 Å². The average molecular weight is 502 g/mol. The van der Waals surface area contributed by atoms with Gasteiger partial charge in [-0.2, -0.15) is 9.67 Å². The van der Waals surface area contributed by atoms with E-state index in [1.165, 1.54) is 18.6 Å². The maximum atomic E-state index is 13.2. The van der Waals surface area contributed by atoms with Crippen LogP contribution in [-0.2, 0) is 12.0 Å². The maximum absolute atomic E-state index is 13.2. The predicted molar refractivity (Wildman–Crippen MR) is 115 cm³/mol. The second-order valence-corrected chi connectivity index (χ2v) is 10.7. The molecule has 4 bridgehead atoms. The molecule has 7 rings (SSSR count). The first-order chi connectivity index (χ1) is 15.3. The summed E-state index contributed by atoms with van der Waals surface area (Å²) >= 11 is 3.31. The summed E-state index contributed by atoms with van der Waals surface area (Å²) in [4.78, 5) is 15.5. The highest BCUT2D eigenvalue weighted by Gasteiger charge is 2.60. The molecule has 8 nitrogen and oxygen atoms in total. The molecular formula is C22H21BrFN5O3. The largest absolute Gasteiger partial charge is 0.404 e. The SMILES string of the molecule is O=[N+]([O-])c1nn(C23CC4CC(CC(Cc5nc(-c6ccc(F)cc6)no5)(C4)C2)C3)cc1Br. The molecule has 32 heavy (non-hydrogen) atoms. The highest BCUT2D eigenvalue weighted by Crippen LogP contribution is 2.65. The molecule has 4 fully saturated rings. The fourth-order valence-electron chi connectivity index (χ4n) is 6.95. The van der Waals surface area contributed by atoms with Gasteiger partial charge in [0.2, 0.25) is 11.7 Å². The van der Waals surface area contributed by atoms with Crippen LogP contribution in [0.4, 0.5) is 10.2 Å². The lowest BCUT2D eigenvalue weighted by atomic mass is 9.46. The second-order valence-electron chi connectivity index (χ2n) is 9.88. The molecule has 4 saturated carbocycles. The zero-order valence-electron chi connectivity index (χ0n) is 17.2. The standard InChI is InChI=1S/C22H21BrFN5O3/c23-17-11-28(26-20(17)29(30)31)22-8-13-5-14(9-22)7-21(6-13,12-22)10-18-25-19(27-32-18)15-1-3-16(24)4-2-15/h1-4,11,13-14H,5-10,12H2. The number of aromatic nitrogens is 4. The Bertz CT molecular complexity index is 1190. The van der Waals surface area contributed by atoms with Crippen molar-refractivity contribution in [3.8, 4) is 11.4 Å². The third kappa shape index (κ3) is 3.18. The summed E-state index contributed by atoms with van der Waals surface area (Å²) in [5.41, 5.74) is 0.530. The Hall–Kier alpha value is -2.62. The molecule has 0 aliphatic heterocycles. The van der Waals surface area contributed by atoms with Gasteiger partial charge in [0.1, 0.15) is 10.3 Å². The monoisotopic (exact) mass is 501 g/mol. The van der Waals surface area contributed by atoms with E-state index in [0.29, 0.717) is 34.4 Å². The normalized spacial score (nSPS) is 30.7. The molecule has 4 aliphatic rings. The Balaban J connectivity index is 1.30. The molecule has 10 heteroatoms. The van der Waals surface area contributed by atoms with Crippen molar-refractivity contribution < 1.29 is 13.8 Å². The van der Waals surface area contributed by atoms with E-state index < -0.39 is 4.92 Å². The molecule has 0 N–H and O–H groups in total. The van der Waals surface area contributed by atoms with Gasteiger partial charge in [-0.1, -0.05) is 5.16 Å². The van der Waals surface area contributed by atoms with E-state index in [1.807, 2.05) is 4.68 Å². The smallest absolute Gasteiger partial charge is 0.358 e. The summed E-state index contributed by atoms with van der Waals surface area (Å²) in [5.74, 6) is 1.76. The van der Waals surface area contributed by atoms with Crippen molar-refractivity contribution in [2.24, 2.45) is 17.3 Å². The highest BCUT2D eigenvalue weighted by atomic mass is 79.9. The van der Waals surface area contributed by atoms with Crippen molar-refractivity contribution in [1.29, 1.82) is 0 Å². The van der Waals surface area contributed by atoms with Gasteiger partial charge in [0.15, 0.2) is 0 Å². The summed E-state index contributed by atoms with van der Waals surface area (Å²) in [6, 6.07) is 6.06. The van der Waals surface area contributed by atoms with Crippen molar-refractivity contribution in [1.82, 2.24) is 19.9 Å². The van der Waals surface area contributed by atoms with Gasteiger partial charge in [-0.3, -0.25) is 0 Å². The molecule has 2 heterocycles. The lowest BCUT2D eigenvalue weighted by Gasteiger charge is -2.61. The van der Waals surface area contributed by atoms with Gasteiger partial charge in [0.25, 0.3) is 0 Å². The van der Waals surface area contributed by atoms with E-state index in [0.717, 1.165) is 37.7 Å². The van der Waals surface area contributed by atoms with Gasteiger partial charge in [0.05, 0.1) is 16.8 Å². The summed E-state index contributed by atoms with van der Waals surface area (Å²) in [5, 5.41) is 19.8. The summed E-state index contributed by atoms with van der Waals surface area (Å²) in [7, 11) is 0. The van der Waals surface area contributed by atoms with Crippen molar-refractivity contribution in [3.05, 3.63) is 56.8 Å². The lowest BCUT2D eigenvalue weighted by molar-refractivity contribution is -0.390. The van der Waals surface area contributed by atoms with Crippen LogP contribution < -0.4 is 0 Å². The molecule has 2 atom stereocenters. The molecule has 0 amide bonds. The minimum atomic E-state index is -0.438. The molecular weight excluding hydrogens is 481 g/mol. The summed E-state index contributed by atoms with van der Waals surface area (Å²) in [6.07, 6.45) is 8.76. The zero-order chi connectivity index (χ0) is 22.1. The van der Waals surface area contributed by atoms with E-state index in [2.05, 4.69) is 31.2 Å². The molecule has 3 aromatic rings. The number of halogens is 2. The van der Waals surface area contributed by atoms with E-state index in [1.54, 1.807) is 18.3 Å². The van der Waals surface area contributed by atoms with Gasteiger partial charge in [-0.05, 0) is 101 Å². The minimum absolute atomic E-state index is 0.0177. The zero-order valence-corrected chi connectivity index (χ0v) is 18.8. The number of nitrogens with zero attached hydrogens (tertiary/aromatic N) is 5. The van der Waals surface area contributed by atoms with E-state index in [4.69, 9.17) is 4.52 Å². The molecule has 4 aliphatic carbocycles. The molecule has 0 saturated heterocycles. The van der Waals surface area contributed by atoms with Crippen molar-refractivity contribution >= 4 is 21.7 Å².